The monoisotopic (exact) mass is 367 g/mol. The van der Waals surface area contributed by atoms with Crippen molar-refractivity contribution in [3.63, 3.8) is 0 Å². The van der Waals surface area contributed by atoms with Crippen molar-refractivity contribution in [3.8, 4) is 17.2 Å². The van der Waals surface area contributed by atoms with Crippen LogP contribution in [0.2, 0.25) is 0 Å². The lowest BCUT2D eigenvalue weighted by molar-refractivity contribution is -0.122. The molecule has 1 N–H and O–H groups in total. The van der Waals surface area contributed by atoms with Crippen molar-refractivity contribution < 1.29 is 19.0 Å². The first-order chi connectivity index (χ1) is 13.2. The number of nitrogens with one attached hydrogen (secondary N) is 1. The van der Waals surface area contributed by atoms with Gasteiger partial charge in [-0.05, 0) is 67.5 Å². The number of amides is 1. The van der Waals surface area contributed by atoms with Gasteiger partial charge in [-0.3, -0.25) is 4.79 Å². The van der Waals surface area contributed by atoms with E-state index in [2.05, 4.69) is 17.4 Å². The van der Waals surface area contributed by atoms with Gasteiger partial charge in [0.05, 0.1) is 0 Å². The number of ether oxygens (including phenoxy) is 3. The number of anilines is 1. The number of carbonyl (C=O) groups excluding carboxylic acids is 1. The van der Waals surface area contributed by atoms with Gasteiger partial charge >= 0.3 is 0 Å². The Kier molecular flexibility index (Phi) is 5.19. The third-order valence-electron chi connectivity index (χ3n) is 5.07. The van der Waals surface area contributed by atoms with E-state index in [-0.39, 0.29) is 5.91 Å². The third kappa shape index (κ3) is 4.02. The Balaban J connectivity index is 1.43. The zero-order chi connectivity index (χ0) is 18.6. The number of benzene rings is 2. The van der Waals surface area contributed by atoms with Gasteiger partial charge in [-0.2, -0.15) is 0 Å². The zero-order valence-electron chi connectivity index (χ0n) is 15.6. The van der Waals surface area contributed by atoms with Crippen LogP contribution >= 0.6 is 0 Å². The third-order valence-corrected chi connectivity index (χ3v) is 5.07. The van der Waals surface area contributed by atoms with Crippen LogP contribution in [0, 0.1) is 0 Å². The summed E-state index contributed by atoms with van der Waals surface area (Å²) in [7, 11) is 0. The fourth-order valence-corrected chi connectivity index (χ4v) is 3.61. The maximum Gasteiger partial charge on any atom is 0.265 e. The summed E-state index contributed by atoms with van der Waals surface area (Å²) in [6.45, 7) is 3.02. The standard InChI is InChI=1S/C22H25NO4/c1-2-19(27-18-9-7-15-5-3-4-6-16(15)13-18)22(24)23-17-8-10-20-21(14-17)26-12-11-25-20/h7-10,13-14,19H,2-6,11-12H2,1H3,(H,23,24)/t19-/m0/s1. The molecule has 5 heteroatoms. The van der Waals surface area contributed by atoms with Gasteiger partial charge in [0, 0.05) is 11.8 Å². The van der Waals surface area contributed by atoms with Gasteiger partial charge in [0.1, 0.15) is 19.0 Å². The molecule has 1 amide bonds. The Bertz CT molecular complexity index is 833. The van der Waals surface area contributed by atoms with E-state index >= 15 is 0 Å². The topological polar surface area (TPSA) is 56.8 Å². The molecule has 2 aromatic rings. The van der Waals surface area contributed by atoms with Crippen molar-refractivity contribution >= 4 is 11.6 Å². The number of carbonyl (C=O) groups is 1. The minimum absolute atomic E-state index is 0.160. The maximum absolute atomic E-state index is 12.7. The smallest absolute Gasteiger partial charge is 0.265 e. The highest BCUT2D eigenvalue weighted by molar-refractivity contribution is 5.94. The summed E-state index contributed by atoms with van der Waals surface area (Å²) >= 11 is 0. The molecule has 2 aliphatic rings. The Morgan fingerprint density at radius 1 is 1.04 bits per heavy atom. The lowest BCUT2D eigenvalue weighted by atomic mass is 9.92. The van der Waals surface area contributed by atoms with Crippen LogP contribution in [0.5, 0.6) is 17.2 Å². The zero-order valence-corrected chi connectivity index (χ0v) is 15.6. The van der Waals surface area contributed by atoms with Crippen LogP contribution in [0.4, 0.5) is 5.69 Å². The summed E-state index contributed by atoms with van der Waals surface area (Å²) in [5.41, 5.74) is 3.43. The minimum Gasteiger partial charge on any atom is -0.486 e. The molecule has 2 aromatic carbocycles. The molecule has 1 atom stereocenters. The lowest BCUT2D eigenvalue weighted by Gasteiger charge is -2.21. The molecule has 0 aromatic heterocycles. The minimum atomic E-state index is -0.542. The van der Waals surface area contributed by atoms with E-state index in [1.54, 1.807) is 6.07 Å². The molecule has 0 unspecified atom stereocenters. The Morgan fingerprint density at radius 3 is 2.63 bits per heavy atom. The van der Waals surface area contributed by atoms with Gasteiger partial charge in [-0.25, -0.2) is 0 Å². The summed E-state index contributed by atoms with van der Waals surface area (Å²) in [6, 6.07) is 11.6. The van der Waals surface area contributed by atoms with Crippen LogP contribution in [0.25, 0.3) is 0 Å². The van der Waals surface area contributed by atoms with Crippen molar-refractivity contribution in [3.05, 3.63) is 47.5 Å². The van der Waals surface area contributed by atoms with Crippen LogP contribution in [0.3, 0.4) is 0 Å². The number of hydrogen-bond acceptors (Lipinski definition) is 4. The quantitative estimate of drug-likeness (QED) is 0.863. The molecule has 0 saturated carbocycles. The SMILES string of the molecule is CC[C@H](Oc1ccc2c(c1)CCCC2)C(=O)Nc1ccc2c(c1)OCCO2. The second-order valence-corrected chi connectivity index (χ2v) is 7.00. The predicted molar refractivity (Wildman–Crippen MR) is 104 cm³/mol. The molecule has 1 aliphatic carbocycles. The van der Waals surface area contributed by atoms with Crippen molar-refractivity contribution in [1.82, 2.24) is 0 Å². The highest BCUT2D eigenvalue weighted by Crippen LogP contribution is 2.33. The molecule has 4 rings (SSSR count). The lowest BCUT2D eigenvalue weighted by Crippen LogP contribution is -2.32. The molecular formula is C22H25NO4. The summed E-state index contributed by atoms with van der Waals surface area (Å²) in [4.78, 5) is 12.7. The highest BCUT2D eigenvalue weighted by atomic mass is 16.6. The molecule has 142 valence electrons. The summed E-state index contributed by atoms with van der Waals surface area (Å²) in [5, 5.41) is 2.93. The molecule has 1 heterocycles. The summed E-state index contributed by atoms with van der Waals surface area (Å²) in [5.74, 6) is 1.96. The second kappa shape index (κ2) is 7.91. The van der Waals surface area contributed by atoms with Crippen molar-refractivity contribution in [2.24, 2.45) is 0 Å². The molecule has 0 fully saturated rings. The largest absolute Gasteiger partial charge is 0.486 e. The predicted octanol–water partition coefficient (Wildman–Crippen LogP) is 4.13. The van der Waals surface area contributed by atoms with Gasteiger partial charge < -0.3 is 19.5 Å². The van der Waals surface area contributed by atoms with E-state index in [9.17, 15) is 4.79 Å². The van der Waals surface area contributed by atoms with E-state index < -0.39 is 6.10 Å². The molecular weight excluding hydrogens is 342 g/mol. The Labute approximate surface area is 159 Å². The molecule has 0 spiro atoms. The van der Waals surface area contributed by atoms with Gasteiger partial charge in [-0.1, -0.05) is 13.0 Å². The average molecular weight is 367 g/mol. The van der Waals surface area contributed by atoms with Crippen molar-refractivity contribution in [2.75, 3.05) is 18.5 Å². The normalized spacial score (nSPS) is 16.2. The van der Waals surface area contributed by atoms with Gasteiger partial charge in [0.25, 0.3) is 5.91 Å². The van der Waals surface area contributed by atoms with E-state index in [4.69, 9.17) is 14.2 Å². The van der Waals surface area contributed by atoms with Gasteiger partial charge in [0.15, 0.2) is 17.6 Å². The first-order valence-electron chi connectivity index (χ1n) is 9.72. The molecule has 0 radical (unpaired) electrons. The molecule has 0 saturated heterocycles. The Hall–Kier alpha value is -2.69. The van der Waals surface area contributed by atoms with Gasteiger partial charge in [0.2, 0.25) is 0 Å². The van der Waals surface area contributed by atoms with Crippen molar-refractivity contribution in [2.45, 2.75) is 45.1 Å². The molecule has 1 aliphatic heterocycles. The van der Waals surface area contributed by atoms with Gasteiger partial charge in [-0.15, -0.1) is 0 Å². The first kappa shape index (κ1) is 17.7. The Morgan fingerprint density at radius 2 is 1.81 bits per heavy atom. The number of fused-ring (bicyclic) bond motifs is 2. The molecule has 27 heavy (non-hydrogen) atoms. The number of aryl methyl sites for hydroxylation is 2. The maximum atomic E-state index is 12.7. The van der Waals surface area contributed by atoms with Crippen molar-refractivity contribution in [1.29, 1.82) is 0 Å². The fraction of sp³-hybridized carbons (Fsp3) is 0.409. The van der Waals surface area contributed by atoms with Crippen LogP contribution in [-0.4, -0.2) is 25.2 Å². The van der Waals surface area contributed by atoms with E-state index in [0.29, 0.717) is 36.8 Å². The fourth-order valence-electron chi connectivity index (χ4n) is 3.61. The first-order valence-corrected chi connectivity index (χ1v) is 9.72. The summed E-state index contributed by atoms with van der Waals surface area (Å²) in [6.07, 6.45) is 4.75. The van der Waals surface area contributed by atoms with Crippen LogP contribution in [0.15, 0.2) is 36.4 Å². The molecule has 5 nitrogen and oxygen atoms in total. The number of rotatable bonds is 5. The molecule has 0 bridgehead atoms. The van der Waals surface area contributed by atoms with Crippen LogP contribution in [0.1, 0.15) is 37.3 Å². The highest BCUT2D eigenvalue weighted by Gasteiger charge is 2.21. The van der Waals surface area contributed by atoms with E-state index in [1.165, 1.54) is 24.0 Å². The average Bonchev–Trinajstić information content (AvgIpc) is 2.71. The summed E-state index contributed by atoms with van der Waals surface area (Å²) < 4.78 is 17.1. The van der Waals surface area contributed by atoms with Crippen LogP contribution in [-0.2, 0) is 17.6 Å². The van der Waals surface area contributed by atoms with Crippen LogP contribution < -0.4 is 19.5 Å². The van der Waals surface area contributed by atoms with E-state index in [0.717, 1.165) is 18.6 Å². The second-order valence-electron chi connectivity index (χ2n) is 7.00. The number of hydrogen-bond donors (Lipinski definition) is 1. The van der Waals surface area contributed by atoms with E-state index in [1.807, 2.05) is 25.1 Å².